The molecule has 0 fully saturated rings. The van der Waals surface area contributed by atoms with Gasteiger partial charge >= 0.3 is 5.43 Å². The molecule has 2 rings (SSSR count). The van der Waals surface area contributed by atoms with Crippen LogP contribution in [-0.2, 0) is 6.42 Å². The molecule has 0 atom stereocenters. The Morgan fingerprint density at radius 1 is 1.00 bits per heavy atom. The Hall–Kier alpha value is -1.80. The lowest BCUT2D eigenvalue weighted by molar-refractivity contribution is 0.225. The van der Waals surface area contributed by atoms with E-state index in [2.05, 4.69) is 0 Å². The van der Waals surface area contributed by atoms with E-state index in [-0.39, 0.29) is 0 Å². The van der Waals surface area contributed by atoms with Crippen molar-refractivity contribution in [1.29, 1.82) is 0 Å². The second kappa shape index (κ2) is 5.51. The third-order valence-electron chi connectivity index (χ3n) is 2.40. The molecular weight excluding hydrogens is 236 g/mol. The third-order valence-corrected chi connectivity index (χ3v) is 2.48. The summed E-state index contributed by atoms with van der Waals surface area (Å²) < 4.78 is 4.94. The number of rotatable bonds is 3. The quantitative estimate of drug-likeness (QED) is 0.765. The summed E-state index contributed by atoms with van der Waals surface area (Å²) in [5, 5.41) is 0. The first-order valence-corrected chi connectivity index (χ1v) is 5.62. The normalized spacial score (nSPS) is 9.94. The predicted octanol–water partition coefficient (Wildman–Crippen LogP) is 4.02. The zero-order valence-corrected chi connectivity index (χ0v) is 9.85. The van der Waals surface area contributed by atoms with Gasteiger partial charge in [0.05, 0.1) is 0 Å². The van der Waals surface area contributed by atoms with Gasteiger partial charge in [-0.25, -0.2) is 4.79 Å². The van der Waals surface area contributed by atoms with Crippen LogP contribution in [0.25, 0.3) is 0 Å². The Morgan fingerprint density at radius 2 is 1.65 bits per heavy atom. The second-order valence-electron chi connectivity index (χ2n) is 3.61. The average Bonchev–Trinajstić information content (AvgIpc) is 2.32. The fraction of sp³-hybridized carbons (Fsp3) is 0.0714. The van der Waals surface area contributed by atoms with E-state index in [0.29, 0.717) is 12.2 Å². The maximum absolute atomic E-state index is 10.8. The van der Waals surface area contributed by atoms with Gasteiger partial charge in [-0.3, -0.25) is 0 Å². The van der Waals surface area contributed by atoms with Crippen molar-refractivity contribution in [2.45, 2.75) is 6.42 Å². The van der Waals surface area contributed by atoms with Crippen LogP contribution in [0, 0.1) is 0 Å². The molecule has 0 heterocycles. The van der Waals surface area contributed by atoms with Crippen molar-refractivity contribution in [3.8, 4) is 5.75 Å². The van der Waals surface area contributed by atoms with Crippen LogP contribution in [0.3, 0.4) is 0 Å². The summed E-state index contributed by atoms with van der Waals surface area (Å²) in [6.45, 7) is 0. The molecule has 0 aliphatic rings. The topological polar surface area (TPSA) is 26.3 Å². The van der Waals surface area contributed by atoms with E-state index in [0.717, 1.165) is 11.1 Å². The van der Waals surface area contributed by atoms with Crippen molar-refractivity contribution in [2.75, 3.05) is 0 Å². The summed E-state index contributed by atoms with van der Waals surface area (Å²) in [5.74, 6) is 0.511. The van der Waals surface area contributed by atoms with Gasteiger partial charge in [-0.15, -0.1) is 0 Å². The van der Waals surface area contributed by atoms with Crippen LogP contribution in [0.5, 0.6) is 5.75 Å². The van der Waals surface area contributed by atoms with Gasteiger partial charge in [-0.05, 0) is 17.2 Å². The number of carbonyl (C=O) groups excluding carboxylic acids is 1. The van der Waals surface area contributed by atoms with Crippen molar-refractivity contribution in [2.24, 2.45) is 0 Å². The van der Waals surface area contributed by atoms with Crippen molar-refractivity contribution >= 4 is 17.0 Å². The van der Waals surface area contributed by atoms with Gasteiger partial charge in [0, 0.05) is 18.0 Å². The van der Waals surface area contributed by atoms with Crippen LogP contribution in [0.2, 0.25) is 0 Å². The van der Waals surface area contributed by atoms with E-state index in [1.165, 1.54) is 0 Å². The molecule has 0 aliphatic carbocycles. The number of para-hydroxylation sites is 1. The van der Waals surface area contributed by atoms with Gasteiger partial charge in [0.2, 0.25) is 0 Å². The summed E-state index contributed by atoms with van der Waals surface area (Å²) in [4.78, 5) is 10.8. The van der Waals surface area contributed by atoms with Crippen LogP contribution < -0.4 is 4.74 Å². The van der Waals surface area contributed by atoms with E-state index in [1.54, 1.807) is 6.07 Å². The minimum absolute atomic E-state index is 0.511. The van der Waals surface area contributed by atoms with Gasteiger partial charge in [0.25, 0.3) is 0 Å². The summed E-state index contributed by atoms with van der Waals surface area (Å²) in [6, 6.07) is 17.3. The predicted molar refractivity (Wildman–Crippen MR) is 67.6 cm³/mol. The Labute approximate surface area is 105 Å². The van der Waals surface area contributed by atoms with Crippen LogP contribution in [0.15, 0.2) is 54.6 Å². The molecule has 86 valence electrons. The van der Waals surface area contributed by atoms with Crippen LogP contribution in [-0.4, -0.2) is 5.43 Å². The molecule has 0 N–H and O–H groups in total. The van der Waals surface area contributed by atoms with Crippen LogP contribution in [0.1, 0.15) is 11.1 Å². The molecule has 0 amide bonds. The van der Waals surface area contributed by atoms with Crippen LogP contribution >= 0.6 is 11.6 Å². The average molecular weight is 247 g/mol. The summed E-state index contributed by atoms with van der Waals surface area (Å²) >= 11 is 5.23. The first-order valence-electron chi connectivity index (χ1n) is 5.25. The lowest BCUT2D eigenvalue weighted by Gasteiger charge is -2.07. The highest BCUT2D eigenvalue weighted by Gasteiger charge is 2.06. The lowest BCUT2D eigenvalue weighted by atomic mass is 10.0. The van der Waals surface area contributed by atoms with Crippen molar-refractivity contribution in [3.05, 3.63) is 65.7 Å². The van der Waals surface area contributed by atoms with Crippen molar-refractivity contribution in [3.63, 3.8) is 0 Å². The first kappa shape index (κ1) is 11.7. The van der Waals surface area contributed by atoms with Crippen molar-refractivity contribution < 1.29 is 9.53 Å². The van der Waals surface area contributed by atoms with E-state index in [1.807, 2.05) is 48.5 Å². The lowest BCUT2D eigenvalue weighted by Crippen LogP contribution is -2.00. The highest BCUT2D eigenvalue weighted by atomic mass is 35.5. The van der Waals surface area contributed by atoms with Gasteiger partial charge in [0.15, 0.2) is 0 Å². The van der Waals surface area contributed by atoms with E-state index < -0.39 is 5.43 Å². The number of ether oxygens (including phenoxy) is 1. The smallest absolute Gasteiger partial charge is 0.409 e. The molecule has 0 aromatic heterocycles. The highest BCUT2D eigenvalue weighted by Crippen LogP contribution is 2.22. The number of hydrogen-bond donors (Lipinski definition) is 0. The largest absolute Gasteiger partial charge is 0.414 e. The highest BCUT2D eigenvalue weighted by molar-refractivity contribution is 6.61. The standard InChI is InChI=1S/C14H11ClO2/c15-14(16)17-13-9-5-4-8-12(13)10-11-6-2-1-3-7-11/h1-9H,10H2. The molecule has 0 aliphatic heterocycles. The van der Waals surface area contributed by atoms with Crippen molar-refractivity contribution in [1.82, 2.24) is 0 Å². The van der Waals surface area contributed by atoms with Gasteiger partial charge < -0.3 is 4.74 Å². The Balaban J connectivity index is 2.23. The SMILES string of the molecule is O=C(Cl)Oc1ccccc1Cc1ccccc1. The Morgan fingerprint density at radius 3 is 2.35 bits per heavy atom. The molecule has 0 bridgehead atoms. The minimum atomic E-state index is -0.814. The molecule has 17 heavy (non-hydrogen) atoms. The Bertz CT molecular complexity index is 509. The molecule has 0 unspecified atom stereocenters. The maximum atomic E-state index is 10.8. The fourth-order valence-electron chi connectivity index (χ4n) is 1.65. The van der Waals surface area contributed by atoms with Gasteiger partial charge in [-0.1, -0.05) is 48.5 Å². The fourth-order valence-corrected chi connectivity index (χ4v) is 1.73. The molecule has 3 heteroatoms. The van der Waals surface area contributed by atoms with E-state index in [9.17, 15) is 4.79 Å². The molecule has 0 radical (unpaired) electrons. The first-order chi connectivity index (χ1) is 8.25. The number of halogens is 1. The Kier molecular flexibility index (Phi) is 3.78. The molecule has 0 spiro atoms. The molecule has 0 saturated heterocycles. The van der Waals surface area contributed by atoms with Gasteiger partial charge in [-0.2, -0.15) is 0 Å². The molecule has 0 saturated carbocycles. The molecule has 2 aromatic rings. The molecular formula is C14H11ClO2. The molecule has 2 nitrogen and oxygen atoms in total. The number of carbonyl (C=O) groups is 1. The van der Waals surface area contributed by atoms with E-state index >= 15 is 0 Å². The van der Waals surface area contributed by atoms with E-state index in [4.69, 9.17) is 16.3 Å². The maximum Gasteiger partial charge on any atom is 0.409 e. The molecule has 2 aromatic carbocycles. The number of benzene rings is 2. The van der Waals surface area contributed by atoms with Gasteiger partial charge in [0.1, 0.15) is 5.75 Å². The monoisotopic (exact) mass is 246 g/mol. The summed E-state index contributed by atoms with van der Waals surface area (Å²) in [7, 11) is 0. The zero-order valence-electron chi connectivity index (χ0n) is 9.10. The second-order valence-corrected chi connectivity index (χ2v) is 3.92. The number of hydrogen-bond acceptors (Lipinski definition) is 2. The third kappa shape index (κ3) is 3.33. The summed E-state index contributed by atoms with van der Waals surface area (Å²) in [5.41, 5.74) is 1.28. The minimum Gasteiger partial charge on any atom is -0.414 e. The summed E-state index contributed by atoms with van der Waals surface area (Å²) in [6.07, 6.45) is 0.710. The zero-order chi connectivity index (χ0) is 12.1. The van der Waals surface area contributed by atoms with Crippen LogP contribution in [0.4, 0.5) is 4.79 Å².